The lowest BCUT2D eigenvalue weighted by atomic mass is 10.1. The van der Waals surface area contributed by atoms with Crippen molar-refractivity contribution in [1.29, 1.82) is 5.26 Å². The molecule has 80 valence electrons. The molecule has 0 atom stereocenters. The lowest BCUT2D eigenvalue weighted by molar-refractivity contribution is 1.14. The molecule has 1 heterocycles. The topological polar surface area (TPSA) is 48.7 Å². The molecule has 2 aromatic rings. The third-order valence-corrected chi connectivity index (χ3v) is 3.90. The summed E-state index contributed by atoms with van der Waals surface area (Å²) in [6.07, 6.45) is 2.47. The Labute approximate surface area is 97.7 Å². The normalized spacial score (nSPS) is 15.0. The van der Waals surface area contributed by atoms with Crippen LogP contribution in [0.2, 0.25) is 0 Å². The molecule has 0 saturated heterocycles. The van der Waals surface area contributed by atoms with E-state index in [9.17, 15) is 0 Å². The van der Waals surface area contributed by atoms with Gasteiger partial charge < -0.3 is 5.32 Å². The molecule has 16 heavy (non-hydrogen) atoms. The SMILES string of the molecule is CNc1nc2c(C3CC3)cc(C#N)cc2s1. The molecule has 0 radical (unpaired) electrons. The second kappa shape index (κ2) is 3.46. The molecule has 1 aromatic heterocycles. The van der Waals surface area contributed by atoms with E-state index in [0.717, 1.165) is 20.9 Å². The molecule has 3 nitrogen and oxygen atoms in total. The third kappa shape index (κ3) is 1.44. The van der Waals surface area contributed by atoms with E-state index in [1.54, 1.807) is 11.3 Å². The second-order valence-electron chi connectivity index (χ2n) is 4.07. The van der Waals surface area contributed by atoms with Crippen LogP contribution in [0.4, 0.5) is 5.13 Å². The Morgan fingerprint density at radius 3 is 2.94 bits per heavy atom. The van der Waals surface area contributed by atoms with Crippen LogP contribution in [0.5, 0.6) is 0 Å². The number of hydrogen-bond acceptors (Lipinski definition) is 4. The van der Waals surface area contributed by atoms with E-state index in [0.29, 0.717) is 5.92 Å². The van der Waals surface area contributed by atoms with Crippen molar-refractivity contribution in [2.45, 2.75) is 18.8 Å². The van der Waals surface area contributed by atoms with E-state index in [-0.39, 0.29) is 0 Å². The molecule has 4 heteroatoms. The summed E-state index contributed by atoms with van der Waals surface area (Å²) in [4.78, 5) is 4.57. The van der Waals surface area contributed by atoms with Gasteiger partial charge in [0.05, 0.1) is 21.8 Å². The van der Waals surface area contributed by atoms with Crippen LogP contribution in [-0.4, -0.2) is 12.0 Å². The Kier molecular flexibility index (Phi) is 2.08. The summed E-state index contributed by atoms with van der Waals surface area (Å²) in [5.74, 6) is 0.627. The largest absolute Gasteiger partial charge is 0.365 e. The van der Waals surface area contributed by atoms with Gasteiger partial charge in [-0.05, 0) is 36.5 Å². The molecule has 1 fully saturated rings. The van der Waals surface area contributed by atoms with Crippen LogP contribution in [0.1, 0.15) is 29.9 Å². The monoisotopic (exact) mass is 229 g/mol. The second-order valence-corrected chi connectivity index (χ2v) is 5.10. The van der Waals surface area contributed by atoms with Gasteiger partial charge in [-0.3, -0.25) is 0 Å². The standard InChI is InChI=1S/C12H11N3S/c1-14-12-15-11-9(8-2-3-8)4-7(6-13)5-10(11)16-12/h4-5,8H,2-3H2,1H3,(H,14,15). The van der Waals surface area contributed by atoms with Gasteiger partial charge >= 0.3 is 0 Å². The molecule has 1 aromatic carbocycles. The number of nitrogens with zero attached hydrogens (tertiary/aromatic N) is 2. The van der Waals surface area contributed by atoms with E-state index in [1.165, 1.54) is 18.4 Å². The molecule has 0 bridgehead atoms. The summed E-state index contributed by atoms with van der Waals surface area (Å²) in [7, 11) is 1.87. The average molecular weight is 229 g/mol. The lowest BCUT2D eigenvalue weighted by Gasteiger charge is -1.99. The molecule has 3 rings (SSSR count). The quantitative estimate of drug-likeness (QED) is 0.860. The number of aromatic nitrogens is 1. The fourth-order valence-corrected chi connectivity index (χ4v) is 2.83. The van der Waals surface area contributed by atoms with Gasteiger partial charge in [0, 0.05) is 7.05 Å². The zero-order valence-electron chi connectivity index (χ0n) is 8.95. The van der Waals surface area contributed by atoms with Crippen LogP contribution < -0.4 is 5.32 Å². The van der Waals surface area contributed by atoms with Crippen molar-refractivity contribution < 1.29 is 0 Å². The van der Waals surface area contributed by atoms with Crippen LogP contribution in [0, 0.1) is 11.3 Å². The van der Waals surface area contributed by atoms with Crippen LogP contribution in [0.15, 0.2) is 12.1 Å². The van der Waals surface area contributed by atoms with E-state index < -0.39 is 0 Å². The highest BCUT2D eigenvalue weighted by Gasteiger charge is 2.27. The van der Waals surface area contributed by atoms with E-state index in [4.69, 9.17) is 5.26 Å². The van der Waals surface area contributed by atoms with Gasteiger partial charge in [-0.15, -0.1) is 0 Å². The minimum absolute atomic E-state index is 0.627. The maximum atomic E-state index is 9.01. The van der Waals surface area contributed by atoms with Gasteiger partial charge in [0.1, 0.15) is 0 Å². The Morgan fingerprint density at radius 1 is 1.50 bits per heavy atom. The fraction of sp³-hybridized carbons (Fsp3) is 0.333. The van der Waals surface area contributed by atoms with Crippen LogP contribution >= 0.6 is 11.3 Å². The van der Waals surface area contributed by atoms with Crippen molar-refractivity contribution in [3.05, 3.63) is 23.3 Å². The Bertz CT molecular complexity index is 590. The van der Waals surface area contributed by atoms with Crippen molar-refractivity contribution in [2.24, 2.45) is 0 Å². The first-order chi connectivity index (χ1) is 7.81. The van der Waals surface area contributed by atoms with Gasteiger partial charge in [0.15, 0.2) is 5.13 Å². The van der Waals surface area contributed by atoms with E-state index in [1.807, 2.05) is 19.2 Å². The van der Waals surface area contributed by atoms with Crippen LogP contribution in [0.25, 0.3) is 10.2 Å². The summed E-state index contributed by atoms with van der Waals surface area (Å²) >= 11 is 1.61. The number of hydrogen-bond donors (Lipinski definition) is 1. The highest BCUT2D eigenvalue weighted by Crippen LogP contribution is 2.44. The number of fused-ring (bicyclic) bond motifs is 1. The van der Waals surface area contributed by atoms with Crippen LogP contribution in [0.3, 0.4) is 0 Å². The van der Waals surface area contributed by atoms with Crippen molar-refractivity contribution in [2.75, 3.05) is 12.4 Å². The molecule has 0 amide bonds. The molecule has 0 aliphatic heterocycles. The third-order valence-electron chi connectivity index (χ3n) is 2.88. The van der Waals surface area contributed by atoms with Crippen molar-refractivity contribution in [1.82, 2.24) is 4.98 Å². The first kappa shape index (κ1) is 9.61. The minimum Gasteiger partial charge on any atom is -0.365 e. The molecule has 0 unspecified atom stereocenters. The Balaban J connectivity index is 2.27. The molecular formula is C12H11N3S. The van der Waals surface area contributed by atoms with Gasteiger partial charge in [-0.1, -0.05) is 11.3 Å². The van der Waals surface area contributed by atoms with Gasteiger partial charge in [0.25, 0.3) is 0 Å². The van der Waals surface area contributed by atoms with Crippen molar-refractivity contribution in [3.8, 4) is 6.07 Å². The smallest absolute Gasteiger partial charge is 0.183 e. The Hall–Kier alpha value is -1.60. The number of rotatable bonds is 2. The lowest BCUT2D eigenvalue weighted by Crippen LogP contribution is -1.87. The summed E-state index contributed by atoms with van der Waals surface area (Å²) in [5.41, 5.74) is 3.09. The van der Waals surface area contributed by atoms with Crippen molar-refractivity contribution >= 4 is 26.7 Å². The summed E-state index contributed by atoms with van der Waals surface area (Å²) in [5, 5.41) is 13.0. The first-order valence-corrected chi connectivity index (χ1v) is 6.16. The maximum Gasteiger partial charge on any atom is 0.183 e. The number of thiazole rings is 1. The molecule has 1 aliphatic carbocycles. The number of anilines is 1. The molecule has 1 aliphatic rings. The summed E-state index contributed by atoms with van der Waals surface area (Å²) in [6, 6.07) is 6.16. The predicted octanol–water partition coefficient (Wildman–Crippen LogP) is 3.09. The zero-order valence-corrected chi connectivity index (χ0v) is 9.77. The van der Waals surface area contributed by atoms with Gasteiger partial charge in [0.2, 0.25) is 0 Å². The van der Waals surface area contributed by atoms with Crippen molar-refractivity contribution in [3.63, 3.8) is 0 Å². The number of nitrogens with one attached hydrogen (secondary N) is 1. The van der Waals surface area contributed by atoms with E-state index >= 15 is 0 Å². The fourth-order valence-electron chi connectivity index (χ4n) is 1.93. The van der Waals surface area contributed by atoms with Gasteiger partial charge in [-0.25, -0.2) is 4.98 Å². The van der Waals surface area contributed by atoms with E-state index in [2.05, 4.69) is 16.4 Å². The Morgan fingerprint density at radius 2 is 2.31 bits per heavy atom. The average Bonchev–Trinajstić information content (AvgIpc) is 3.06. The maximum absolute atomic E-state index is 9.01. The highest BCUT2D eigenvalue weighted by molar-refractivity contribution is 7.22. The van der Waals surface area contributed by atoms with Gasteiger partial charge in [-0.2, -0.15) is 5.26 Å². The number of nitriles is 1. The zero-order chi connectivity index (χ0) is 11.1. The van der Waals surface area contributed by atoms with Crippen LogP contribution in [-0.2, 0) is 0 Å². The number of benzene rings is 1. The molecule has 0 spiro atoms. The predicted molar refractivity (Wildman–Crippen MR) is 65.9 cm³/mol. The summed E-state index contributed by atoms with van der Waals surface area (Å²) in [6.45, 7) is 0. The highest BCUT2D eigenvalue weighted by atomic mass is 32.1. The first-order valence-electron chi connectivity index (χ1n) is 5.34. The molecule has 1 N–H and O–H groups in total. The molecular weight excluding hydrogens is 218 g/mol. The minimum atomic E-state index is 0.627. The summed E-state index contributed by atoms with van der Waals surface area (Å²) < 4.78 is 1.12. The molecule has 1 saturated carbocycles.